The summed E-state index contributed by atoms with van der Waals surface area (Å²) in [6.07, 6.45) is 3.41. The summed E-state index contributed by atoms with van der Waals surface area (Å²) in [6.45, 7) is 8.88. The second kappa shape index (κ2) is 6.37. The van der Waals surface area contributed by atoms with Gasteiger partial charge in [0.1, 0.15) is 0 Å². The predicted octanol–water partition coefficient (Wildman–Crippen LogP) is -0.517. The molecule has 0 spiro atoms. The van der Waals surface area contributed by atoms with Gasteiger partial charge in [-0.1, -0.05) is 13.8 Å². The fourth-order valence-electron chi connectivity index (χ4n) is 1.73. The molecule has 86 valence electrons. The van der Waals surface area contributed by atoms with E-state index in [0.717, 1.165) is 5.92 Å². The molecule has 1 fully saturated rings. The van der Waals surface area contributed by atoms with Gasteiger partial charge in [0.2, 0.25) is 0 Å². The Balaban J connectivity index is 0.000000292. The molecule has 0 radical (unpaired) electrons. The van der Waals surface area contributed by atoms with Crippen LogP contribution in [0.3, 0.4) is 0 Å². The maximum Gasteiger partial charge on any atom is 0.0916 e. The summed E-state index contributed by atoms with van der Waals surface area (Å²) < 4.78 is 27.2. The average Bonchev–Trinajstić information content (AvgIpc) is 2.32. The number of quaternary nitrogens is 1. The van der Waals surface area contributed by atoms with E-state index < -0.39 is 10.1 Å². The maximum absolute atomic E-state index is 9.08. The number of rotatable bonds is 2. The van der Waals surface area contributed by atoms with Gasteiger partial charge in [-0.2, -0.15) is 0 Å². The van der Waals surface area contributed by atoms with Gasteiger partial charge in [-0.05, 0) is 6.42 Å². The average molecular weight is 223 g/mol. The van der Waals surface area contributed by atoms with Gasteiger partial charge >= 0.3 is 0 Å². The lowest BCUT2D eigenvalue weighted by Gasteiger charge is -2.09. The monoisotopic (exact) mass is 223 g/mol. The second-order valence-corrected chi connectivity index (χ2v) is 5.46. The Kier molecular flexibility index (Phi) is 6.31. The van der Waals surface area contributed by atoms with E-state index in [4.69, 9.17) is 13.0 Å². The third-order valence-electron chi connectivity index (χ3n) is 2.23. The van der Waals surface area contributed by atoms with Crippen LogP contribution >= 0.6 is 0 Å². The van der Waals surface area contributed by atoms with Crippen LogP contribution in [-0.4, -0.2) is 38.9 Å². The Morgan fingerprint density at radius 3 is 2.29 bits per heavy atom. The van der Waals surface area contributed by atoms with E-state index in [-0.39, 0.29) is 0 Å². The zero-order chi connectivity index (χ0) is 11.2. The van der Waals surface area contributed by atoms with Crippen LogP contribution in [0.4, 0.5) is 0 Å². The first-order valence-electron chi connectivity index (χ1n) is 5.07. The summed E-state index contributed by atoms with van der Waals surface area (Å²) in [5, 5.41) is 0. The first-order valence-corrected chi connectivity index (χ1v) is 6.89. The van der Waals surface area contributed by atoms with Crippen LogP contribution in [0.1, 0.15) is 26.7 Å². The molecule has 1 aliphatic rings. The van der Waals surface area contributed by atoms with Gasteiger partial charge in [-0.25, -0.2) is 8.42 Å². The molecule has 1 aliphatic heterocycles. The van der Waals surface area contributed by atoms with Crippen LogP contribution < -0.4 is 4.90 Å². The van der Waals surface area contributed by atoms with E-state index in [1.54, 1.807) is 0 Å². The highest BCUT2D eigenvalue weighted by Gasteiger charge is 2.20. The molecule has 14 heavy (non-hydrogen) atoms. The number of nitrogens with one attached hydrogen (secondary N) is 1. The van der Waals surface area contributed by atoms with Crippen molar-refractivity contribution in [1.29, 1.82) is 0 Å². The van der Waals surface area contributed by atoms with Crippen molar-refractivity contribution in [2.24, 2.45) is 5.92 Å². The largest absolute Gasteiger partial charge is 0.748 e. The van der Waals surface area contributed by atoms with Crippen molar-refractivity contribution >= 4 is 10.1 Å². The van der Waals surface area contributed by atoms with Crippen LogP contribution in [0.5, 0.6) is 0 Å². The Morgan fingerprint density at radius 1 is 1.50 bits per heavy atom. The minimum atomic E-state index is -3.92. The topological polar surface area (TPSA) is 61.6 Å². The second-order valence-electron chi connectivity index (χ2n) is 4.05. The van der Waals surface area contributed by atoms with Crippen molar-refractivity contribution in [3.63, 3.8) is 0 Å². The van der Waals surface area contributed by atoms with Crippen LogP contribution in [0.15, 0.2) is 0 Å². The van der Waals surface area contributed by atoms with Crippen molar-refractivity contribution in [3.8, 4) is 0 Å². The minimum Gasteiger partial charge on any atom is -0.748 e. The molecule has 0 saturated carbocycles. The van der Waals surface area contributed by atoms with Crippen LogP contribution in [-0.2, 0) is 10.1 Å². The molecular weight excluding hydrogens is 202 g/mol. The van der Waals surface area contributed by atoms with Crippen LogP contribution in [0.2, 0.25) is 0 Å². The lowest BCUT2D eigenvalue weighted by molar-refractivity contribution is -0.888. The zero-order valence-corrected chi connectivity index (χ0v) is 10.1. The fourth-order valence-corrected chi connectivity index (χ4v) is 1.73. The van der Waals surface area contributed by atoms with Gasteiger partial charge in [0.25, 0.3) is 0 Å². The molecule has 0 aromatic heterocycles. The maximum atomic E-state index is 9.08. The van der Waals surface area contributed by atoms with E-state index >= 15 is 0 Å². The highest BCUT2D eigenvalue weighted by molar-refractivity contribution is 7.84. The number of hydrogen-bond donors (Lipinski definition) is 1. The Labute approximate surface area is 87.0 Å². The van der Waals surface area contributed by atoms with Crippen molar-refractivity contribution < 1.29 is 17.9 Å². The Hall–Kier alpha value is -0.130. The smallest absolute Gasteiger partial charge is 0.0916 e. The van der Waals surface area contributed by atoms with Crippen LogP contribution in [0, 0.1) is 5.92 Å². The van der Waals surface area contributed by atoms with Gasteiger partial charge in [0, 0.05) is 18.6 Å². The minimum absolute atomic E-state index is 0.604. The van der Waals surface area contributed by atoms with Crippen molar-refractivity contribution in [2.45, 2.75) is 26.7 Å². The van der Waals surface area contributed by atoms with Gasteiger partial charge in [0.05, 0.1) is 29.8 Å². The molecular formula is C9H21NO3S. The molecule has 0 aromatic rings. The first-order chi connectivity index (χ1) is 6.33. The lowest BCUT2D eigenvalue weighted by Crippen LogP contribution is -3.10. The SMILES string of the molecule is CCC[NH+]1CCC(C)C1.CS(=O)(=O)[O-]. The fraction of sp³-hybridized carbons (Fsp3) is 1.00. The number of hydrogen-bond acceptors (Lipinski definition) is 3. The summed E-state index contributed by atoms with van der Waals surface area (Å²) in [7, 11) is -3.92. The molecule has 0 bridgehead atoms. The van der Waals surface area contributed by atoms with E-state index in [2.05, 4.69) is 13.8 Å². The molecule has 2 atom stereocenters. The molecule has 0 amide bonds. The standard InChI is InChI=1S/C8H17N.CH4O3S/c1-3-5-9-6-4-8(2)7-9;1-5(2,3)4/h8H,3-7H2,1-2H3;1H3,(H,2,3,4). The zero-order valence-electron chi connectivity index (χ0n) is 9.25. The van der Waals surface area contributed by atoms with Gasteiger partial charge in [0.15, 0.2) is 0 Å². The summed E-state index contributed by atoms with van der Waals surface area (Å²) in [4.78, 5) is 1.82. The highest BCUT2D eigenvalue weighted by Crippen LogP contribution is 2.00. The van der Waals surface area contributed by atoms with Crippen LogP contribution in [0.25, 0.3) is 0 Å². The van der Waals surface area contributed by atoms with Crippen molar-refractivity contribution in [1.82, 2.24) is 0 Å². The van der Waals surface area contributed by atoms with E-state index in [0.29, 0.717) is 6.26 Å². The third-order valence-corrected chi connectivity index (χ3v) is 2.23. The van der Waals surface area contributed by atoms with Gasteiger partial charge < -0.3 is 9.45 Å². The van der Waals surface area contributed by atoms with Gasteiger partial charge in [-0.15, -0.1) is 0 Å². The molecule has 5 heteroatoms. The first kappa shape index (κ1) is 13.9. The van der Waals surface area contributed by atoms with Crippen molar-refractivity contribution in [3.05, 3.63) is 0 Å². The molecule has 1 N–H and O–H groups in total. The molecule has 0 aliphatic carbocycles. The normalized spacial score (nSPS) is 26.9. The third kappa shape index (κ3) is 9.95. The van der Waals surface area contributed by atoms with Gasteiger partial charge in [-0.3, -0.25) is 0 Å². The Morgan fingerprint density at radius 2 is 2.00 bits per heavy atom. The summed E-state index contributed by atoms with van der Waals surface area (Å²) in [5.74, 6) is 0.992. The molecule has 1 heterocycles. The predicted molar refractivity (Wildman–Crippen MR) is 55.3 cm³/mol. The Bertz CT molecular complexity index is 228. The van der Waals surface area contributed by atoms with E-state index in [1.165, 1.54) is 32.5 Å². The summed E-state index contributed by atoms with van der Waals surface area (Å²) in [5.41, 5.74) is 0. The molecule has 4 nitrogen and oxygen atoms in total. The lowest BCUT2D eigenvalue weighted by atomic mass is 10.2. The summed E-state index contributed by atoms with van der Waals surface area (Å²) in [6, 6.07) is 0. The molecule has 0 aromatic carbocycles. The van der Waals surface area contributed by atoms with Crippen molar-refractivity contribution in [2.75, 3.05) is 25.9 Å². The quantitative estimate of drug-likeness (QED) is 0.641. The summed E-state index contributed by atoms with van der Waals surface area (Å²) >= 11 is 0. The molecule has 1 rings (SSSR count). The van der Waals surface area contributed by atoms with E-state index in [9.17, 15) is 0 Å². The molecule has 1 saturated heterocycles. The van der Waals surface area contributed by atoms with E-state index in [1.807, 2.05) is 4.90 Å². The molecule has 2 unspecified atom stereocenters. The number of likely N-dealkylation sites (tertiary alicyclic amines) is 1. The highest BCUT2D eigenvalue weighted by atomic mass is 32.2.